The highest BCUT2D eigenvalue weighted by molar-refractivity contribution is 6.04. The van der Waals surface area contributed by atoms with Crippen molar-refractivity contribution in [2.75, 3.05) is 6.54 Å². The van der Waals surface area contributed by atoms with Gasteiger partial charge in [-0.1, -0.05) is 56.5 Å². The Morgan fingerprint density at radius 2 is 1.92 bits per heavy atom. The van der Waals surface area contributed by atoms with Crippen LogP contribution < -0.4 is 5.32 Å². The minimum atomic E-state index is -0.113. The third-order valence-corrected chi connectivity index (χ3v) is 5.84. The fourth-order valence-electron chi connectivity index (χ4n) is 3.85. The van der Waals surface area contributed by atoms with E-state index in [1.807, 2.05) is 31.2 Å². The first-order valence-corrected chi connectivity index (χ1v) is 9.68. The Kier molecular flexibility index (Phi) is 5.74. The lowest BCUT2D eigenvalue weighted by molar-refractivity contribution is -0.137. The fourth-order valence-corrected chi connectivity index (χ4v) is 3.85. The van der Waals surface area contributed by atoms with Crippen LogP contribution in [0.2, 0.25) is 0 Å². The molecule has 3 rings (SSSR count). The molecule has 140 valence electrons. The van der Waals surface area contributed by atoms with E-state index < -0.39 is 0 Å². The summed E-state index contributed by atoms with van der Waals surface area (Å²) in [5.74, 6) is 0.896. The number of carbonyl (C=O) groups excluding carboxylic acids is 2. The lowest BCUT2D eigenvalue weighted by atomic mass is 9.78. The van der Waals surface area contributed by atoms with Gasteiger partial charge in [-0.3, -0.25) is 9.59 Å². The van der Waals surface area contributed by atoms with E-state index in [4.69, 9.17) is 0 Å². The summed E-state index contributed by atoms with van der Waals surface area (Å²) < 4.78 is 0. The van der Waals surface area contributed by atoms with Gasteiger partial charge < -0.3 is 5.32 Å². The van der Waals surface area contributed by atoms with Crippen molar-refractivity contribution < 1.29 is 9.59 Å². The number of rotatable bonds is 4. The quantitative estimate of drug-likeness (QED) is 0.901. The molecule has 26 heavy (non-hydrogen) atoms. The van der Waals surface area contributed by atoms with Gasteiger partial charge >= 0.3 is 0 Å². The van der Waals surface area contributed by atoms with Crippen LogP contribution in [0.5, 0.6) is 0 Å². The van der Waals surface area contributed by atoms with Gasteiger partial charge in [-0.25, -0.2) is 5.01 Å². The zero-order valence-electron chi connectivity index (χ0n) is 16.0. The Labute approximate surface area is 155 Å². The average molecular weight is 355 g/mol. The summed E-state index contributed by atoms with van der Waals surface area (Å²) in [6, 6.07) is 8.32. The maximum atomic E-state index is 12.5. The van der Waals surface area contributed by atoms with Crippen LogP contribution in [-0.4, -0.2) is 35.1 Å². The average Bonchev–Trinajstić information content (AvgIpc) is 2.62. The van der Waals surface area contributed by atoms with Crippen LogP contribution >= 0.6 is 0 Å². The van der Waals surface area contributed by atoms with Gasteiger partial charge in [0.25, 0.3) is 0 Å². The second kappa shape index (κ2) is 8.02. The van der Waals surface area contributed by atoms with Crippen LogP contribution in [0.3, 0.4) is 0 Å². The third kappa shape index (κ3) is 4.32. The highest BCUT2D eigenvalue weighted by Crippen LogP contribution is 2.29. The molecule has 5 nitrogen and oxygen atoms in total. The fraction of sp³-hybridized carbons (Fsp3) is 0.571. The minimum Gasteiger partial charge on any atom is -0.351 e. The van der Waals surface area contributed by atoms with Gasteiger partial charge in [0.15, 0.2) is 0 Å². The molecule has 3 atom stereocenters. The SMILES string of the molecule is Cc1ccc(C2=NN(CC(=O)N[C@@H]3CCC[C@@H](C)[C@H]3C)C(=O)CC2)cc1. The van der Waals surface area contributed by atoms with Crippen LogP contribution in [0.25, 0.3) is 0 Å². The van der Waals surface area contributed by atoms with Crippen molar-refractivity contribution in [3.8, 4) is 0 Å². The molecule has 5 heteroatoms. The Balaban J connectivity index is 1.65. The molecule has 1 aliphatic heterocycles. The van der Waals surface area contributed by atoms with Crippen molar-refractivity contribution in [3.63, 3.8) is 0 Å². The van der Waals surface area contributed by atoms with Gasteiger partial charge in [-0.05, 0) is 30.7 Å². The molecule has 0 aromatic heterocycles. The van der Waals surface area contributed by atoms with Crippen molar-refractivity contribution in [2.45, 2.75) is 58.9 Å². The molecular weight excluding hydrogens is 326 g/mol. The van der Waals surface area contributed by atoms with Gasteiger partial charge in [0.05, 0.1) is 5.71 Å². The van der Waals surface area contributed by atoms with Gasteiger partial charge in [-0.2, -0.15) is 5.10 Å². The molecule has 0 spiro atoms. The molecule has 1 heterocycles. The first-order valence-electron chi connectivity index (χ1n) is 9.68. The Hall–Kier alpha value is -2.17. The van der Waals surface area contributed by atoms with E-state index >= 15 is 0 Å². The highest BCUT2D eigenvalue weighted by Gasteiger charge is 2.29. The molecule has 0 saturated heterocycles. The van der Waals surface area contributed by atoms with E-state index in [0.717, 1.165) is 24.1 Å². The summed E-state index contributed by atoms with van der Waals surface area (Å²) in [6.45, 7) is 6.50. The van der Waals surface area contributed by atoms with E-state index in [9.17, 15) is 9.59 Å². The molecule has 2 aliphatic rings. The zero-order valence-corrected chi connectivity index (χ0v) is 16.0. The molecule has 0 bridgehead atoms. The van der Waals surface area contributed by atoms with Crippen LogP contribution in [-0.2, 0) is 9.59 Å². The Morgan fingerprint density at radius 1 is 1.19 bits per heavy atom. The maximum absolute atomic E-state index is 12.5. The molecule has 1 aromatic carbocycles. The minimum absolute atomic E-state index is 0.00575. The second-order valence-corrected chi connectivity index (χ2v) is 7.81. The molecule has 1 aromatic rings. The van der Waals surface area contributed by atoms with Crippen LogP contribution in [0.15, 0.2) is 29.4 Å². The number of nitrogens with zero attached hydrogens (tertiary/aromatic N) is 2. The smallest absolute Gasteiger partial charge is 0.243 e. The van der Waals surface area contributed by atoms with E-state index in [1.165, 1.54) is 17.0 Å². The topological polar surface area (TPSA) is 61.8 Å². The first kappa shape index (κ1) is 18.6. The van der Waals surface area contributed by atoms with Crippen molar-refractivity contribution in [2.24, 2.45) is 16.9 Å². The lowest BCUT2D eigenvalue weighted by Gasteiger charge is -2.35. The van der Waals surface area contributed by atoms with E-state index in [-0.39, 0.29) is 24.4 Å². The summed E-state index contributed by atoms with van der Waals surface area (Å²) in [6.07, 6.45) is 4.41. The molecular formula is C21H29N3O2. The molecule has 1 aliphatic carbocycles. The number of nitrogens with one attached hydrogen (secondary N) is 1. The van der Waals surface area contributed by atoms with E-state index in [0.29, 0.717) is 24.7 Å². The van der Waals surface area contributed by atoms with Crippen LogP contribution in [0.1, 0.15) is 57.1 Å². The summed E-state index contributed by atoms with van der Waals surface area (Å²) in [4.78, 5) is 24.7. The molecule has 1 saturated carbocycles. The first-order chi connectivity index (χ1) is 12.4. The van der Waals surface area contributed by atoms with Crippen molar-refractivity contribution >= 4 is 17.5 Å². The number of carbonyl (C=O) groups is 2. The van der Waals surface area contributed by atoms with E-state index in [2.05, 4.69) is 24.3 Å². The Bertz CT molecular complexity index is 696. The van der Waals surface area contributed by atoms with Crippen LogP contribution in [0, 0.1) is 18.8 Å². The molecule has 0 unspecified atom stereocenters. The Morgan fingerprint density at radius 3 is 2.65 bits per heavy atom. The molecule has 1 fully saturated rings. The maximum Gasteiger partial charge on any atom is 0.243 e. The number of benzene rings is 1. The molecule has 0 radical (unpaired) electrons. The molecule has 1 N–H and O–H groups in total. The second-order valence-electron chi connectivity index (χ2n) is 7.81. The highest BCUT2D eigenvalue weighted by atomic mass is 16.2. The number of hydrazone groups is 1. The largest absolute Gasteiger partial charge is 0.351 e. The zero-order chi connectivity index (χ0) is 18.7. The van der Waals surface area contributed by atoms with Crippen LogP contribution in [0.4, 0.5) is 0 Å². The predicted octanol–water partition coefficient (Wildman–Crippen LogP) is 3.26. The summed E-state index contributed by atoms with van der Waals surface area (Å²) in [5.41, 5.74) is 3.08. The number of hydrogen-bond donors (Lipinski definition) is 1. The predicted molar refractivity (Wildman–Crippen MR) is 103 cm³/mol. The van der Waals surface area contributed by atoms with Gasteiger partial charge in [0.1, 0.15) is 6.54 Å². The van der Waals surface area contributed by atoms with Crippen molar-refractivity contribution in [1.82, 2.24) is 10.3 Å². The third-order valence-electron chi connectivity index (χ3n) is 5.84. The standard InChI is InChI=1S/C21H29N3O2/c1-14-7-9-17(10-8-14)19-11-12-21(26)24(23-19)13-20(25)22-18-6-4-5-15(2)16(18)3/h7-10,15-16,18H,4-6,11-13H2,1-3H3,(H,22,25)/t15-,16-,18-/m1/s1. The van der Waals surface area contributed by atoms with E-state index in [1.54, 1.807) is 0 Å². The lowest BCUT2D eigenvalue weighted by Crippen LogP contribution is -2.48. The summed E-state index contributed by atoms with van der Waals surface area (Å²) >= 11 is 0. The number of amides is 2. The van der Waals surface area contributed by atoms with Crippen molar-refractivity contribution in [3.05, 3.63) is 35.4 Å². The van der Waals surface area contributed by atoms with Gasteiger partial charge in [-0.15, -0.1) is 0 Å². The monoisotopic (exact) mass is 355 g/mol. The number of hydrogen-bond acceptors (Lipinski definition) is 3. The van der Waals surface area contributed by atoms with Gasteiger partial charge in [0, 0.05) is 18.9 Å². The summed E-state index contributed by atoms with van der Waals surface area (Å²) in [7, 11) is 0. The number of aryl methyl sites for hydroxylation is 1. The molecule has 2 amide bonds. The normalized spacial score (nSPS) is 26.4. The summed E-state index contributed by atoms with van der Waals surface area (Å²) in [5, 5.41) is 8.93. The van der Waals surface area contributed by atoms with Gasteiger partial charge in [0.2, 0.25) is 11.8 Å². The van der Waals surface area contributed by atoms with Crippen molar-refractivity contribution in [1.29, 1.82) is 0 Å².